The molecule has 1 aromatic rings. The molecular formula is C15H19ClN2O2. The van der Waals surface area contributed by atoms with Crippen molar-refractivity contribution in [3.05, 3.63) is 28.8 Å². The molecule has 20 heavy (non-hydrogen) atoms. The Morgan fingerprint density at radius 3 is 2.50 bits per heavy atom. The quantitative estimate of drug-likeness (QED) is 0.869. The summed E-state index contributed by atoms with van der Waals surface area (Å²) in [6, 6.07) is 4.89. The standard InChI is InChI=1S/C15H19ClN2O2/c1-10(18-7-3-4-8-18)15(20)12-5-6-14(13(16)9-12)17-11(2)19/h5-6,9-10H,3-4,7-8H2,1-2H3,(H,17,19)/t10-/m1/s1. The molecule has 1 heterocycles. The lowest BCUT2D eigenvalue weighted by Crippen LogP contribution is -2.36. The molecule has 0 aromatic heterocycles. The van der Waals surface area contributed by atoms with Crippen LogP contribution in [-0.2, 0) is 4.79 Å². The fourth-order valence-corrected chi connectivity index (χ4v) is 2.72. The Balaban J connectivity index is 2.14. The highest BCUT2D eigenvalue weighted by atomic mass is 35.5. The van der Waals surface area contributed by atoms with Crippen molar-refractivity contribution >= 4 is 29.0 Å². The predicted molar refractivity (Wildman–Crippen MR) is 80.4 cm³/mol. The van der Waals surface area contributed by atoms with E-state index in [0.29, 0.717) is 16.3 Å². The van der Waals surface area contributed by atoms with Crippen molar-refractivity contribution in [2.45, 2.75) is 32.7 Å². The van der Waals surface area contributed by atoms with Gasteiger partial charge in [0.25, 0.3) is 0 Å². The van der Waals surface area contributed by atoms with E-state index in [-0.39, 0.29) is 17.7 Å². The fourth-order valence-electron chi connectivity index (χ4n) is 2.50. The Morgan fingerprint density at radius 2 is 1.95 bits per heavy atom. The van der Waals surface area contributed by atoms with Crippen molar-refractivity contribution in [1.29, 1.82) is 0 Å². The van der Waals surface area contributed by atoms with Crippen LogP contribution in [0.4, 0.5) is 5.69 Å². The van der Waals surface area contributed by atoms with Crippen LogP contribution in [0.3, 0.4) is 0 Å². The number of Topliss-reactive ketones (excluding diaryl/α,β-unsaturated/α-hetero) is 1. The first-order valence-corrected chi connectivity index (χ1v) is 7.22. The van der Waals surface area contributed by atoms with Crippen LogP contribution in [-0.4, -0.2) is 35.7 Å². The van der Waals surface area contributed by atoms with Gasteiger partial charge in [-0.25, -0.2) is 0 Å². The van der Waals surface area contributed by atoms with Crippen molar-refractivity contribution in [3.8, 4) is 0 Å². The highest BCUT2D eigenvalue weighted by Gasteiger charge is 2.25. The van der Waals surface area contributed by atoms with Gasteiger partial charge in [0.2, 0.25) is 5.91 Å². The summed E-state index contributed by atoms with van der Waals surface area (Å²) in [5.41, 5.74) is 1.12. The first-order valence-electron chi connectivity index (χ1n) is 6.84. The van der Waals surface area contributed by atoms with E-state index in [0.717, 1.165) is 25.9 Å². The van der Waals surface area contributed by atoms with E-state index in [2.05, 4.69) is 10.2 Å². The summed E-state index contributed by atoms with van der Waals surface area (Å²) in [5, 5.41) is 3.02. The molecule has 1 aliphatic rings. The summed E-state index contributed by atoms with van der Waals surface area (Å²) in [7, 11) is 0. The topological polar surface area (TPSA) is 49.4 Å². The minimum Gasteiger partial charge on any atom is -0.325 e. The van der Waals surface area contributed by atoms with E-state index in [1.54, 1.807) is 18.2 Å². The van der Waals surface area contributed by atoms with Gasteiger partial charge in [0.1, 0.15) is 0 Å². The van der Waals surface area contributed by atoms with Gasteiger partial charge < -0.3 is 5.32 Å². The number of benzene rings is 1. The normalized spacial score (nSPS) is 16.9. The number of nitrogens with zero attached hydrogens (tertiary/aromatic N) is 1. The zero-order valence-electron chi connectivity index (χ0n) is 11.8. The van der Waals surface area contributed by atoms with Gasteiger partial charge in [0, 0.05) is 12.5 Å². The molecule has 1 amide bonds. The molecule has 1 atom stereocenters. The Morgan fingerprint density at radius 1 is 1.30 bits per heavy atom. The molecule has 5 heteroatoms. The van der Waals surface area contributed by atoms with Crippen LogP contribution in [0.5, 0.6) is 0 Å². The first kappa shape index (κ1) is 15.0. The summed E-state index contributed by atoms with van der Waals surface area (Å²) in [5.74, 6) is -0.111. The van der Waals surface area contributed by atoms with Gasteiger partial charge in [0.15, 0.2) is 5.78 Å². The molecule has 1 aromatic carbocycles. The van der Waals surface area contributed by atoms with Gasteiger partial charge in [-0.15, -0.1) is 0 Å². The molecule has 1 N–H and O–H groups in total. The summed E-state index contributed by atoms with van der Waals surface area (Å²) >= 11 is 6.10. The van der Waals surface area contributed by atoms with Crippen LogP contribution in [0.15, 0.2) is 18.2 Å². The zero-order valence-corrected chi connectivity index (χ0v) is 12.5. The molecule has 4 nitrogen and oxygen atoms in total. The van der Waals surface area contributed by atoms with Crippen molar-refractivity contribution < 1.29 is 9.59 Å². The lowest BCUT2D eigenvalue weighted by molar-refractivity contribution is -0.114. The lowest BCUT2D eigenvalue weighted by Gasteiger charge is -2.22. The maximum atomic E-state index is 12.4. The Kier molecular flexibility index (Phi) is 4.78. The Bertz CT molecular complexity index is 525. The van der Waals surface area contributed by atoms with Gasteiger partial charge in [-0.05, 0) is 51.1 Å². The molecule has 0 bridgehead atoms. The number of amides is 1. The van der Waals surface area contributed by atoms with E-state index in [9.17, 15) is 9.59 Å². The first-order chi connectivity index (χ1) is 9.49. The third kappa shape index (κ3) is 3.38. The number of halogens is 1. The molecule has 1 aliphatic heterocycles. The monoisotopic (exact) mass is 294 g/mol. The largest absolute Gasteiger partial charge is 0.325 e. The third-order valence-corrected chi connectivity index (χ3v) is 3.94. The van der Waals surface area contributed by atoms with Gasteiger partial charge in [0.05, 0.1) is 16.8 Å². The second-order valence-corrected chi connectivity index (χ2v) is 5.57. The van der Waals surface area contributed by atoms with Crippen LogP contribution in [0.2, 0.25) is 5.02 Å². The van der Waals surface area contributed by atoms with Crippen LogP contribution in [0, 0.1) is 0 Å². The van der Waals surface area contributed by atoms with E-state index >= 15 is 0 Å². The average molecular weight is 295 g/mol. The smallest absolute Gasteiger partial charge is 0.221 e. The second kappa shape index (κ2) is 6.37. The summed E-state index contributed by atoms with van der Waals surface area (Å²) in [6.45, 7) is 5.31. The molecule has 0 aliphatic carbocycles. The van der Waals surface area contributed by atoms with Crippen LogP contribution in [0.1, 0.15) is 37.0 Å². The Hall–Kier alpha value is -1.39. The summed E-state index contributed by atoms with van der Waals surface area (Å²) in [6.07, 6.45) is 2.31. The molecule has 0 unspecified atom stereocenters. The summed E-state index contributed by atoms with van der Waals surface area (Å²) in [4.78, 5) is 25.6. The number of rotatable bonds is 4. The van der Waals surface area contributed by atoms with Crippen molar-refractivity contribution in [3.63, 3.8) is 0 Å². The highest BCUT2D eigenvalue weighted by molar-refractivity contribution is 6.34. The fraction of sp³-hybridized carbons (Fsp3) is 0.467. The van der Waals surface area contributed by atoms with Crippen molar-refractivity contribution in [2.75, 3.05) is 18.4 Å². The third-order valence-electron chi connectivity index (χ3n) is 3.63. The minimum absolute atomic E-state index is 0.0724. The van der Waals surface area contributed by atoms with Crippen LogP contribution < -0.4 is 5.32 Å². The predicted octanol–water partition coefficient (Wildman–Crippen LogP) is 2.97. The maximum absolute atomic E-state index is 12.4. The minimum atomic E-state index is -0.184. The SMILES string of the molecule is CC(=O)Nc1ccc(C(=O)[C@@H](C)N2CCCC2)cc1Cl. The number of hydrogen-bond donors (Lipinski definition) is 1. The van der Waals surface area contributed by atoms with E-state index in [4.69, 9.17) is 11.6 Å². The molecule has 0 saturated carbocycles. The van der Waals surface area contributed by atoms with E-state index < -0.39 is 0 Å². The van der Waals surface area contributed by atoms with Crippen LogP contribution >= 0.6 is 11.6 Å². The highest BCUT2D eigenvalue weighted by Crippen LogP contribution is 2.24. The molecule has 0 spiro atoms. The van der Waals surface area contributed by atoms with Crippen molar-refractivity contribution in [1.82, 2.24) is 4.90 Å². The number of hydrogen-bond acceptors (Lipinski definition) is 3. The molecule has 2 rings (SSSR count). The molecule has 1 saturated heterocycles. The van der Waals surface area contributed by atoms with Gasteiger partial charge >= 0.3 is 0 Å². The number of carbonyl (C=O) groups excluding carboxylic acids is 2. The number of anilines is 1. The zero-order chi connectivity index (χ0) is 14.7. The maximum Gasteiger partial charge on any atom is 0.221 e. The van der Waals surface area contributed by atoms with Gasteiger partial charge in [-0.3, -0.25) is 14.5 Å². The molecule has 1 fully saturated rings. The molecule has 0 radical (unpaired) electrons. The molecular weight excluding hydrogens is 276 g/mol. The average Bonchev–Trinajstić information content (AvgIpc) is 2.93. The number of carbonyl (C=O) groups is 2. The van der Waals surface area contributed by atoms with E-state index in [1.165, 1.54) is 6.92 Å². The number of ketones is 1. The second-order valence-electron chi connectivity index (χ2n) is 5.16. The molecule has 108 valence electrons. The number of nitrogens with one attached hydrogen (secondary N) is 1. The number of likely N-dealkylation sites (tertiary alicyclic amines) is 1. The van der Waals surface area contributed by atoms with Gasteiger partial charge in [-0.2, -0.15) is 0 Å². The van der Waals surface area contributed by atoms with Crippen LogP contribution in [0.25, 0.3) is 0 Å². The lowest BCUT2D eigenvalue weighted by atomic mass is 10.0. The van der Waals surface area contributed by atoms with Crippen molar-refractivity contribution in [2.24, 2.45) is 0 Å². The Labute approximate surface area is 124 Å². The van der Waals surface area contributed by atoms with Gasteiger partial charge in [-0.1, -0.05) is 11.6 Å². The van der Waals surface area contributed by atoms with E-state index in [1.807, 2.05) is 6.92 Å². The summed E-state index contributed by atoms with van der Waals surface area (Å²) < 4.78 is 0.